The van der Waals surface area contributed by atoms with E-state index in [2.05, 4.69) is 5.32 Å². The lowest BCUT2D eigenvalue weighted by Gasteiger charge is -2.24. The summed E-state index contributed by atoms with van der Waals surface area (Å²) in [5.41, 5.74) is 0.252. The Morgan fingerprint density at radius 2 is 1.69 bits per heavy atom. The number of hydrogen-bond acceptors (Lipinski definition) is 7. The maximum Gasteiger partial charge on any atom is 0.329 e. The Morgan fingerprint density at radius 1 is 1.15 bits per heavy atom. The molecule has 0 spiro atoms. The average Bonchev–Trinajstić information content (AvgIpc) is 2.84. The molecule has 9 nitrogen and oxygen atoms in total. The fourth-order valence-electron chi connectivity index (χ4n) is 2.47. The Labute approximate surface area is 150 Å². The minimum absolute atomic E-state index is 0.126. The molecule has 0 fully saturated rings. The van der Waals surface area contributed by atoms with Gasteiger partial charge >= 0.3 is 5.97 Å². The highest BCUT2D eigenvalue weighted by molar-refractivity contribution is 7.90. The molecule has 0 saturated carbocycles. The topological polar surface area (TPSA) is 127 Å². The number of likely N-dealkylation sites (N-methyl/N-ethyl adjacent to an activating group) is 1. The number of ether oxygens (including phenoxy) is 1. The van der Waals surface area contributed by atoms with Gasteiger partial charge < -0.3 is 10.1 Å². The van der Waals surface area contributed by atoms with Gasteiger partial charge in [0, 0.05) is 13.3 Å². The van der Waals surface area contributed by atoms with Gasteiger partial charge in [0.15, 0.2) is 6.61 Å². The number of rotatable bonds is 7. The van der Waals surface area contributed by atoms with Gasteiger partial charge in [-0.1, -0.05) is 12.1 Å². The van der Waals surface area contributed by atoms with Crippen LogP contribution in [0, 0.1) is 0 Å². The van der Waals surface area contributed by atoms with Crippen LogP contribution in [-0.4, -0.2) is 68.7 Å². The second-order valence-electron chi connectivity index (χ2n) is 5.74. The first-order chi connectivity index (χ1) is 12.2. The number of carbonyl (C=O) groups excluding carboxylic acids is 4. The summed E-state index contributed by atoms with van der Waals surface area (Å²) in [6, 6.07) is 4.59. The number of imide groups is 1. The van der Waals surface area contributed by atoms with Crippen LogP contribution >= 0.6 is 0 Å². The predicted molar refractivity (Wildman–Crippen MR) is 90.1 cm³/mol. The molecule has 0 saturated heterocycles. The minimum atomic E-state index is -3.46. The molecular weight excluding hydrogens is 364 g/mol. The van der Waals surface area contributed by atoms with Crippen LogP contribution < -0.4 is 5.32 Å². The maximum atomic E-state index is 12.5. The number of carbonyl (C=O) groups is 4. The molecule has 0 radical (unpaired) electrons. The van der Waals surface area contributed by atoms with Crippen LogP contribution in [0.2, 0.25) is 0 Å². The third kappa shape index (κ3) is 4.26. The van der Waals surface area contributed by atoms with Crippen LogP contribution in [0.4, 0.5) is 0 Å². The fourth-order valence-corrected chi connectivity index (χ4v) is 3.13. The number of hydrogen-bond donors (Lipinski definition) is 1. The van der Waals surface area contributed by atoms with Gasteiger partial charge in [-0.15, -0.1) is 0 Å². The van der Waals surface area contributed by atoms with Crippen LogP contribution in [0.1, 0.15) is 27.1 Å². The summed E-state index contributed by atoms with van der Waals surface area (Å²) in [6.45, 7) is -0.603. The van der Waals surface area contributed by atoms with Gasteiger partial charge in [0.25, 0.3) is 17.7 Å². The van der Waals surface area contributed by atoms with Crippen molar-refractivity contribution in [3.63, 3.8) is 0 Å². The normalized spacial score (nSPS) is 14.8. The van der Waals surface area contributed by atoms with Crippen molar-refractivity contribution in [3.8, 4) is 0 Å². The van der Waals surface area contributed by atoms with E-state index in [1.165, 1.54) is 19.2 Å². The van der Waals surface area contributed by atoms with E-state index in [9.17, 15) is 27.6 Å². The minimum Gasteiger partial charge on any atom is -0.454 e. The van der Waals surface area contributed by atoms with Crippen molar-refractivity contribution in [3.05, 3.63) is 35.4 Å². The van der Waals surface area contributed by atoms with E-state index < -0.39 is 51.9 Å². The fraction of sp³-hybridized carbons (Fsp3) is 0.375. The lowest BCUT2D eigenvalue weighted by Crippen LogP contribution is -2.47. The molecule has 0 aliphatic carbocycles. The van der Waals surface area contributed by atoms with E-state index in [0.717, 1.165) is 6.26 Å². The van der Waals surface area contributed by atoms with Gasteiger partial charge in [-0.05, 0) is 18.6 Å². The van der Waals surface area contributed by atoms with E-state index >= 15 is 0 Å². The van der Waals surface area contributed by atoms with Crippen molar-refractivity contribution in [2.45, 2.75) is 12.5 Å². The number of benzene rings is 1. The van der Waals surface area contributed by atoms with Crippen LogP contribution in [0.25, 0.3) is 0 Å². The lowest BCUT2D eigenvalue weighted by molar-refractivity contribution is -0.152. The van der Waals surface area contributed by atoms with E-state index in [0.29, 0.717) is 4.90 Å². The molecule has 1 aromatic rings. The SMILES string of the molecule is CNC(=O)COC(=O)[C@@H](CCS(C)(=O)=O)N1C(=O)c2ccccc2C1=O. The highest BCUT2D eigenvalue weighted by Gasteiger charge is 2.43. The molecule has 1 aliphatic heterocycles. The summed E-state index contributed by atoms with van der Waals surface area (Å²) < 4.78 is 27.8. The summed E-state index contributed by atoms with van der Waals surface area (Å²) in [4.78, 5) is 49.4. The van der Waals surface area contributed by atoms with E-state index in [1.54, 1.807) is 12.1 Å². The number of nitrogens with one attached hydrogen (secondary N) is 1. The number of sulfone groups is 1. The zero-order valence-electron chi connectivity index (χ0n) is 14.2. The van der Waals surface area contributed by atoms with Gasteiger partial charge in [0.2, 0.25) is 0 Å². The van der Waals surface area contributed by atoms with E-state index in [1.807, 2.05) is 0 Å². The second kappa shape index (κ2) is 7.65. The Balaban J connectivity index is 2.29. The van der Waals surface area contributed by atoms with Crippen molar-refractivity contribution < 1.29 is 32.3 Å². The summed E-state index contributed by atoms with van der Waals surface area (Å²) in [5, 5.41) is 2.26. The van der Waals surface area contributed by atoms with E-state index in [4.69, 9.17) is 4.74 Å². The molecular formula is C16H18N2O7S. The van der Waals surface area contributed by atoms with Gasteiger partial charge in [0.1, 0.15) is 15.9 Å². The largest absolute Gasteiger partial charge is 0.454 e. The summed E-state index contributed by atoms with van der Waals surface area (Å²) >= 11 is 0. The van der Waals surface area contributed by atoms with Gasteiger partial charge in [-0.3, -0.25) is 19.3 Å². The molecule has 0 aromatic heterocycles. The first kappa shape index (κ1) is 19.6. The van der Waals surface area contributed by atoms with Crippen molar-refractivity contribution in [1.29, 1.82) is 0 Å². The number of nitrogens with zero attached hydrogens (tertiary/aromatic N) is 1. The van der Waals surface area contributed by atoms with Crippen molar-refractivity contribution >= 4 is 33.5 Å². The Hall–Kier alpha value is -2.75. The van der Waals surface area contributed by atoms with Gasteiger partial charge in [0.05, 0.1) is 16.9 Å². The molecule has 3 amide bonds. The predicted octanol–water partition coefficient (Wildman–Crippen LogP) is -0.625. The Kier molecular flexibility index (Phi) is 5.76. The first-order valence-corrected chi connectivity index (χ1v) is 9.73. The molecule has 1 aromatic carbocycles. The van der Waals surface area contributed by atoms with E-state index in [-0.39, 0.29) is 17.5 Å². The average molecular weight is 382 g/mol. The molecule has 1 N–H and O–H groups in total. The third-order valence-electron chi connectivity index (χ3n) is 3.80. The summed E-state index contributed by atoms with van der Waals surface area (Å²) in [7, 11) is -2.11. The smallest absolute Gasteiger partial charge is 0.329 e. The standard InChI is InChI=1S/C16H18N2O7S/c1-17-13(19)9-25-16(22)12(7-8-26(2,23)24)18-14(20)10-5-3-4-6-11(10)15(18)21/h3-6,12H,7-9H2,1-2H3,(H,17,19)/t12-/m1/s1. The monoisotopic (exact) mass is 382 g/mol. The first-order valence-electron chi connectivity index (χ1n) is 7.67. The second-order valence-corrected chi connectivity index (χ2v) is 8.00. The maximum absolute atomic E-state index is 12.5. The van der Waals surface area contributed by atoms with Crippen LogP contribution in [0.15, 0.2) is 24.3 Å². The number of fused-ring (bicyclic) bond motifs is 1. The van der Waals surface area contributed by atoms with Crippen LogP contribution in [0.5, 0.6) is 0 Å². The Bertz CT molecular complexity index is 828. The zero-order valence-corrected chi connectivity index (χ0v) is 15.0. The molecule has 140 valence electrons. The third-order valence-corrected chi connectivity index (χ3v) is 4.77. The highest BCUT2D eigenvalue weighted by Crippen LogP contribution is 2.26. The molecule has 26 heavy (non-hydrogen) atoms. The summed E-state index contributed by atoms with van der Waals surface area (Å²) in [5.74, 6) is -3.45. The number of esters is 1. The van der Waals surface area contributed by atoms with Crippen molar-refractivity contribution in [2.24, 2.45) is 0 Å². The van der Waals surface area contributed by atoms with Gasteiger partial charge in [-0.25, -0.2) is 13.2 Å². The number of amides is 3. The van der Waals surface area contributed by atoms with Crippen molar-refractivity contribution in [1.82, 2.24) is 10.2 Å². The quantitative estimate of drug-likeness (QED) is 0.491. The van der Waals surface area contributed by atoms with Crippen molar-refractivity contribution in [2.75, 3.05) is 25.7 Å². The molecule has 1 aliphatic rings. The lowest BCUT2D eigenvalue weighted by atomic mass is 10.1. The molecule has 0 unspecified atom stereocenters. The molecule has 1 heterocycles. The molecule has 1 atom stereocenters. The molecule has 10 heteroatoms. The molecule has 0 bridgehead atoms. The van der Waals surface area contributed by atoms with Gasteiger partial charge in [-0.2, -0.15) is 0 Å². The molecule has 2 rings (SSSR count). The Morgan fingerprint density at radius 3 is 2.15 bits per heavy atom. The van der Waals surface area contributed by atoms with Crippen LogP contribution in [0.3, 0.4) is 0 Å². The summed E-state index contributed by atoms with van der Waals surface area (Å²) in [6.07, 6.45) is 0.652. The highest BCUT2D eigenvalue weighted by atomic mass is 32.2. The zero-order chi connectivity index (χ0) is 19.5. The van der Waals surface area contributed by atoms with Crippen LogP contribution in [-0.2, 0) is 24.2 Å².